The summed E-state index contributed by atoms with van der Waals surface area (Å²) in [6.07, 6.45) is -0.827. The number of thioether (sulfide) groups is 1. The highest BCUT2D eigenvalue weighted by molar-refractivity contribution is 8.00. The number of aliphatic hydroxyl groups excluding tert-OH is 2. The molecule has 0 spiro atoms. The topological polar surface area (TPSA) is 152 Å². The second-order valence-electron chi connectivity index (χ2n) is 7.71. The Morgan fingerprint density at radius 1 is 1.24 bits per heavy atom. The van der Waals surface area contributed by atoms with E-state index in [1.807, 2.05) is 0 Å². The molecule has 0 unspecified atom stereocenters. The van der Waals surface area contributed by atoms with Crippen molar-refractivity contribution in [2.75, 3.05) is 11.9 Å². The van der Waals surface area contributed by atoms with E-state index in [4.69, 9.17) is 5.14 Å². The Morgan fingerprint density at radius 3 is 2.71 bits per heavy atom. The van der Waals surface area contributed by atoms with E-state index in [2.05, 4.69) is 19.6 Å². The number of anilines is 1. The second kappa shape index (κ2) is 9.31. The lowest BCUT2D eigenvalue weighted by molar-refractivity contribution is -0.0328. The molecule has 4 rings (SSSR count). The van der Waals surface area contributed by atoms with Crippen LogP contribution < -0.4 is 10.5 Å². The summed E-state index contributed by atoms with van der Waals surface area (Å²) in [5.41, 5.74) is -3.17. The molecule has 15 heteroatoms. The largest absolute Gasteiger partial charge is 0.446 e. The van der Waals surface area contributed by atoms with Crippen molar-refractivity contribution in [3.8, 4) is 11.3 Å². The first-order chi connectivity index (χ1) is 15.9. The molecule has 184 valence electrons. The lowest BCUT2D eigenvalue weighted by atomic mass is 10.1. The Balaban J connectivity index is 1.56. The summed E-state index contributed by atoms with van der Waals surface area (Å²) in [6.45, 7) is -0.390. The maximum atomic E-state index is 12.7. The summed E-state index contributed by atoms with van der Waals surface area (Å²) in [6, 6.07) is 8.36. The fourth-order valence-corrected chi connectivity index (χ4v) is 4.77. The van der Waals surface area contributed by atoms with Crippen LogP contribution in [0.1, 0.15) is 6.42 Å². The summed E-state index contributed by atoms with van der Waals surface area (Å²) in [5, 5.41) is 33.0. The molecular weight excluding hydrogens is 499 g/mol. The van der Waals surface area contributed by atoms with Gasteiger partial charge < -0.3 is 15.5 Å². The summed E-state index contributed by atoms with van der Waals surface area (Å²) >= 11 is -0.223. The number of hydrogen-bond donors (Lipinski definition) is 4. The van der Waals surface area contributed by atoms with Crippen molar-refractivity contribution in [3.63, 3.8) is 0 Å². The number of hydrogen-bond acceptors (Lipinski definition) is 9. The van der Waals surface area contributed by atoms with Gasteiger partial charge in [-0.1, -0.05) is 12.1 Å². The van der Waals surface area contributed by atoms with E-state index in [0.29, 0.717) is 22.7 Å². The number of benzene rings is 1. The van der Waals surface area contributed by atoms with Gasteiger partial charge in [0.2, 0.25) is 0 Å². The first-order valence-corrected chi connectivity index (χ1v) is 12.2. The van der Waals surface area contributed by atoms with Crippen LogP contribution in [0.5, 0.6) is 0 Å². The van der Waals surface area contributed by atoms with Crippen molar-refractivity contribution >= 4 is 33.5 Å². The molecule has 4 atom stereocenters. The van der Waals surface area contributed by atoms with E-state index >= 15 is 0 Å². The van der Waals surface area contributed by atoms with E-state index in [0.717, 1.165) is 0 Å². The van der Waals surface area contributed by atoms with Crippen molar-refractivity contribution in [1.29, 1.82) is 0 Å². The van der Waals surface area contributed by atoms with E-state index in [1.165, 1.54) is 28.9 Å². The third-order valence-electron chi connectivity index (χ3n) is 5.30. The zero-order valence-electron chi connectivity index (χ0n) is 17.3. The summed E-state index contributed by atoms with van der Waals surface area (Å²) in [4.78, 5) is 4.23. The van der Waals surface area contributed by atoms with Crippen molar-refractivity contribution in [2.45, 2.75) is 35.1 Å². The highest BCUT2D eigenvalue weighted by atomic mass is 32.2. The smallest absolute Gasteiger partial charge is 0.390 e. The molecule has 1 aromatic carbocycles. The van der Waals surface area contributed by atoms with Gasteiger partial charge in [0.1, 0.15) is 11.9 Å². The van der Waals surface area contributed by atoms with Crippen LogP contribution in [-0.2, 0) is 14.5 Å². The van der Waals surface area contributed by atoms with Gasteiger partial charge in [-0.05, 0) is 36.4 Å². The third-order valence-corrected chi connectivity index (χ3v) is 6.49. The molecule has 34 heavy (non-hydrogen) atoms. The molecule has 1 aliphatic rings. The molecule has 0 bridgehead atoms. The van der Waals surface area contributed by atoms with E-state index in [9.17, 15) is 31.8 Å². The second-order valence-corrected chi connectivity index (χ2v) is 10.1. The summed E-state index contributed by atoms with van der Waals surface area (Å²) in [5.74, 6) is -0.286. The molecule has 0 aliphatic heterocycles. The van der Waals surface area contributed by atoms with Crippen LogP contribution >= 0.6 is 11.8 Å². The molecule has 1 saturated carbocycles. The van der Waals surface area contributed by atoms with Crippen LogP contribution in [-0.4, -0.2) is 63.6 Å². The number of nitrogens with two attached hydrogens (primary N) is 1. The maximum absolute atomic E-state index is 12.7. The van der Waals surface area contributed by atoms with Crippen molar-refractivity contribution in [1.82, 2.24) is 14.6 Å². The van der Waals surface area contributed by atoms with Gasteiger partial charge in [-0.3, -0.25) is 4.18 Å². The molecule has 0 saturated heterocycles. The van der Waals surface area contributed by atoms with Crippen LogP contribution in [0.2, 0.25) is 0 Å². The minimum Gasteiger partial charge on any atom is -0.390 e. The van der Waals surface area contributed by atoms with E-state index in [1.54, 1.807) is 18.2 Å². The van der Waals surface area contributed by atoms with Crippen LogP contribution in [0.15, 0.2) is 47.5 Å². The highest BCUT2D eigenvalue weighted by Gasteiger charge is 2.42. The molecular formula is C19H20F3N5O5S2. The van der Waals surface area contributed by atoms with Crippen LogP contribution in [0, 0.1) is 5.92 Å². The quantitative estimate of drug-likeness (QED) is 0.342. The number of nitrogens with zero attached hydrogens (tertiary/aromatic N) is 3. The molecule has 3 aromatic rings. The summed E-state index contributed by atoms with van der Waals surface area (Å²) in [7, 11) is -4.19. The van der Waals surface area contributed by atoms with Crippen molar-refractivity contribution < 1.29 is 36.0 Å². The van der Waals surface area contributed by atoms with Crippen LogP contribution in [0.4, 0.5) is 19.0 Å². The zero-order chi connectivity index (χ0) is 24.7. The molecule has 1 aliphatic carbocycles. The predicted molar refractivity (Wildman–Crippen MR) is 117 cm³/mol. The van der Waals surface area contributed by atoms with E-state index in [-0.39, 0.29) is 29.7 Å². The highest BCUT2D eigenvalue weighted by Crippen LogP contribution is 2.38. The van der Waals surface area contributed by atoms with Gasteiger partial charge in [0.15, 0.2) is 5.65 Å². The van der Waals surface area contributed by atoms with Gasteiger partial charge in [-0.25, -0.2) is 10.1 Å². The predicted octanol–water partition coefficient (Wildman–Crippen LogP) is 1.75. The number of aliphatic hydroxyl groups is 2. The Morgan fingerprint density at radius 2 is 2.00 bits per heavy atom. The monoisotopic (exact) mass is 519 g/mol. The maximum Gasteiger partial charge on any atom is 0.446 e. The fraction of sp³-hybridized carbons (Fsp3) is 0.368. The zero-order valence-corrected chi connectivity index (χ0v) is 18.9. The van der Waals surface area contributed by atoms with Gasteiger partial charge >= 0.3 is 15.8 Å². The first kappa shape index (κ1) is 24.7. The Labute approximate surface area is 196 Å². The van der Waals surface area contributed by atoms with Crippen LogP contribution in [0.3, 0.4) is 0 Å². The molecule has 2 aromatic heterocycles. The molecule has 5 N–H and O–H groups in total. The third kappa shape index (κ3) is 5.79. The van der Waals surface area contributed by atoms with Gasteiger partial charge in [0, 0.05) is 28.6 Å². The minimum atomic E-state index is -4.42. The Hall–Kier alpha value is -2.43. The fourth-order valence-electron chi connectivity index (χ4n) is 3.80. The summed E-state index contributed by atoms with van der Waals surface area (Å²) < 4.78 is 66.2. The standard InChI is InChI=1S/C19H20F3N5O5S2/c20-19(21,22)33-12-3-1-2-10(6-12)13-8-16-24-5-4-15(27(16)26-13)25-14-7-11(17(28)18(14)29)9-32-34(23,30)31/h1-6,8,11,14,17-18,25,28-29H,7,9H2,(H2,23,30,31)/t11-,14+,17+,18-/m0/s1. The number of rotatable bonds is 7. The molecule has 10 nitrogen and oxygen atoms in total. The lowest BCUT2D eigenvalue weighted by Crippen LogP contribution is -2.36. The van der Waals surface area contributed by atoms with Crippen molar-refractivity contribution in [2.24, 2.45) is 11.1 Å². The average Bonchev–Trinajstić information content (AvgIpc) is 3.28. The van der Waals surface area contributed by atoms with E-state index < -0.39 is 40.0 Å². The number of alkyl halides is 3. The molecule has 2 heterocycles. The number of fused-ring (bicyclic) bond motifs is 1. The molecule has 1 fully saturated rings. The number of aromatic nitrogens is 3. The first-order valence-electron chi connectivity index (χ1n) is 9.90. The molecule has 0 amide bonds. The normalized spacial score (nSPS) is 23.5. The SMILES string of the molecule is NS(=O)(=O)OC[C@@H]1C[C@@H](Nc2ccnc3cc(-c4cccc(SC(F)(F)F)c4)nn23)[C@H](O)[C@@H]1O. The average molecular weight is 520 g/mol. The van der Waals surface area contributed by atoms with Gasteiger partial charge in [-0.15, -0.1) is 0 Å². The Kier molecular flexibility index (Phi) is 6.76. The van der Waals surface area contributed by atoms with Gasteiger partial charge in [0.05, 0.1) is 24.4 Å². The van der Waals surface area contributed by atoms with Crippen molar-refractivity contribution in [3.05, 3.63) is 42.6 Å². The minimum absolute atomic E-state index is 0.0178. The number of nitrogens with one attached hydrogen (secondary N) is 1. The Bertz CT molecular complexity index is 1290. The van der Waals surface area contributed by atoms with Gasteiger partial charge in [-0.2, -0.15) is 31.2 Å². The lowest BCUT2D eigenvalue weighted by Gasteiger charge is -2.19. The van der Waals surface area contributed by atoms with Gasteiger partial charge in [0.25, 0.3) is 0 Å². The molecule has 0 radical (unpaired) electrons. The van der Waals surface area contributed by atoms with Crippen LogP contribution in [0.25, 0.3) is 16.9 Å². The number of halogens is 3.